The lowest BCUT2D eigenvalue weighted by atomic mass is 10.0. The first-order valence-corrected chi connectivity index (χ1v) is 9.23. The zero-order valence-corrected chi connectivity index (χ0v) is 15.2. The number of rotatable bonds is 7. The summed E-state index contributed by atoms with van der Waals surface area (Å²) < 4.78 is 0. The molecule has 0 bridgehead atoms. The van der Waals surface area contributed by atoms with Crippen LogP contribution in [0.25, 0.3) is 0 Å². The summed E-state index contributed by atoms with van der Waals surface area (Å²) in [6.07, 6.45) is 1.57. The highest BCUT2D eigenvalue weighted by Crippen LogP contribution is 2.30. The van der Waals surface area contributed by atoms with Crippen molar-refractivity contribution in [1.29, 1.82) is 0 Å². The highest BCUT2D eigenvalue weighted by molar-refractivity contribution is 6.05. The molecule has 1 fully saturated rings. The third-order valence-corrected chi connectivity index (χ3v) is 5.16. The monoisotopic (exact) mass is 358 g/mol. The van der Waals surface area contributed by atoms with Crippen LogP contribution in [-0.4, -0.2) is 53.2 Å². The number of amides is 3. The van der Waals surface area contributed by atoms with Crippen LogP contribution in [0.1, 0.15) is 47.7 Å². The number of fused-ring (bicyclic) bond motifs is 1. The van der Waals surface area contributed by atoms with Crippen LogP contribution in [0.4, 0.5) is 0 Å². The molecule has 0 aliphatic carbocycles. The van der Waals surface area contributed by atoms with Gasteiger partial charge in [-0.2, -0.15) is 0 Å². The van der Waals surface area contributed by atoms with Gasteiger partial charge in [-0.1, -0.05) is 25.1 Å². The Morgan fingerprint density at radius 3 is 2.81 bits per heavy atom. The van der Waals surface area contributed by atoms with Gasteiger partial charge in [-0.05, 0) is 43.6 Å². The molecule has 1 saturated heterocycles. The zero-order chi connectivity index (χ0) is 18.7. The van der Waals surface area contributed by atoms with Crippen LogP contribution < -0.4 is 11.1 Å². The van der Waals surface area contributed by atoms with Crippen molar-refractivity contribution >= 4 is 17.7 Å². The Hall–Kier alpha value is -2.25. The smallest absolute Gasteiger partial charge is 0.255 e. The molecule has 1 aromatic rings. The van der Waals surface area contributed by atoms with Gasteiger partial charge in [0, 0.05) is 25.1 Å². The predicted molar refractivity (Wildman–Crippen MR) is 97.1 cm³/mol. The number of carbonyl (C=O) groups excluding carboxylic acids is 3. The average molecular weight is 358 g/mol. The number of hydrogen-bond donors (Lipinski definition) is 2. The molecule has 2 heterocycles. The third kappa shape index (κ3) is 3.64. The van der Waals surface area contributed by atoms with Crippen LogP contribution >= 0.6 is 0 Å². The maximum atomic E-state index is 13.1. The van der Waals surface area contributed by atoms with Gasteiger partial charge < -0.3 is 10.6 Å². The minimum absolute atomic E-state index is 0.111. The fraction of sp³-hybridized carbons (Fsp3) is 0.526. The van der Waals surface area contributed by atoms with Crippen LogP contribution in [0.15, 0.2) is 18.2 Å². The fourth-order valence-electron chi connectivity index (χ4n) is 3.73. The number of nitrogens with two attached hydrogens (primary N) is 1. The van der Waals surface area contributed by atoms with Crippen LogP contribution in [0.3, 0.4) is 0 Å². The van der Waals surface area contributed by atoms with E-state index in [4.69, 9.17) is 5.73 Å². The van der Waals surface area contributed by atoms with Crippen LogP contribution in [0, 0.1) is 0 Å². The molecule has 2 aliphatic heterocycles. The van der Waals surface area contributed by atoms with Gasteiger partial charge >= 0.3 is 0 Å². The summed E-state index contributed by atoms with van der Waals surface area (Å²) >= 11 is 0. The lowest BCUT2D eigenvalue weighted by Crippen LogP contribution is -2.52. The standard InChI is InChI=1S/C19H26N4O3/c1-2-22(10-4-9-20)11-13-5-3-6-14-12-23(19(26)17(13)14)15-7-8-16(24)21-18(15)25/h3,5-6,15H,2,4,7-12,20H2,1H3,(H,21,24,25). The molecule has 0 spiro atoms. The second-order valence-corrected chi connectivity index (χ2v) is 6.86. The van der Waals surface area contributed by atoms with Gasteiger partial charge in [-0.3, -0.25) is 24.6 Å². The van der Waals surface area contributed by atoms with E-state index in [1.165, 1.54) is 0 Å². The van der Waals surface area contributed by atoms with E-state index >= 15 is 0 Å². The Balaban J connectivity index is 1.80. The Morgan fingerprint density at radius 1 is 1.31 bits per heavy atom. The van der Waals surface area contributed by atoms with E-state index in [0.717, 1.165) is 30.6 Å². The minimum atomic E-state index is -0.569. The van der Waals surface area contributed by atoms with Crippen molar-refractivity contribution in [3.63, 3.8) is 0 Å². The predicted octanol–water partition coefficient (Wildman–Crippen LogP) is 0.618. The molecule has 2 aliphatic rings. The largest absolute Gasteiger partial charge is 0.330 e. The maximum absolute atomic E-state index is 13.1. The molecule has 0 radical (unpaired) electrons. The molecule has 3 rings (SSSR count). The molecule has 1 atom stereocenters. The number of imide groups is 1. The summed E-state index contributed by atoms with van der Waals surface area (Å²) in [5.74, 6) is -0.753. The van der Waals surface area contributed by atoms with Gasteiger partial charge in [0.25, 0.3) is 5.91 Å². The van der Waals surface area contributed by atoms with Crippen molar-refractivity contribution < 1.29 is 14.4 Å². The molecule has 7 nitrogen and oxygen atoms in total. The van der Waals surface area contributed by atoms with E-state index in [9.17, 15) is 14.4 Å². The average Bonchev–Trinajstić information content (AvgIpc) is 2.96. The normalized spacial score (nSPS) is 19.9. The number of hydrogen-bond acceptors (Lipinski definition) is 5. The van der Waals surface area contributed by atoms with Crippen LogP contribution in [-0.2, 0) is 22.7 Å². The Kier molecular flexibility index (Phi) is 5.68. The van der Waals surface area contributed by atoms with E-state index in [2.05, 4.69) is 17.1 Å². The van der Waals surface area contributed by atoms with E-state index in [-0.39, 0.29) is 24.1 Å². The number of nitrogens with one attached hydrogen (secondary N) is 1. The second kappa shape index (κ2) is 7.97. The summed E-state index contributed by atoms with van der Waals surface area (Å²) in [5, 5.41) is 2.34. The number of piperidine rings is 1. The second-order valence-electron chi connectivity index (χ2n) is 6.86. The highest BCUT2D eigenvalue weighted by atomic mass is 16.2. The van der Waals surface area contributed by atoms with Crippen LogP contribution in [0.2, 0.25) is 0 Å². The molecular formula is C19H26N4O3. The fourth-order valence-corrected chi connectivity index (χ4v) is 3.73. The Labute approximate surface area is 153 Å². The highest BCUT2D eigenvalue weighted by Gasteiger charge is 2.39. The summed E-state index contributed by atoms with van der Waals surface area (Å²) in [5.41, 5.74) is 8.26. The number of benzene rings is 1. The van der Waals surface area contributed by atoms with Gasteiger partial charge in [0.2, 0.25) is 11.8 Å². The maximum Gasteiger partial charge on any atom is 0.255 e. The molecule has 3 amide bonds. The van der Waals surface area contributed by atoms with Crippen molar-refractivity contribution in [3.8, 4) is 0 Å². The molecule has 0 aromatic heterocycles. The molecule has 3 N–H and O–H groups in total. The summed E-state index contributed by atoms with van der Waals surface area (Å²) in [6, 6.07) is 5.32. The topological polar surface area (TPSA) is 95.7 Å². The Morgan fingerprint density at radius 2 is 2.12 bits per heavy atom. The first kappa shape index (κ1) is 18.5. The third-order valence-electron chi connectivity index (χ3n) is 5.16. The van der Waals surface area contributed by atoms with Gasteiger partial charge in [0.15, 0.2) is 0 Å². The first-order valence-electron chi connectivity index (χ1n) is 9.23. The molecule has 1 unspecified atom stereocenters. The van der Waals surface area contributed by atoms with Crippen molar-refractivity contribution in [2.75, 3.05) is 19.6 Å². The van der Waals surface area contributed by atoms with Crippen molar-refractivity contribution in [3.05, 3.63) is 34.9 Å². The molecule has 140 valence electrons. The van der Waals surface area contributed by atoms with Gasteiger partial charge in [-0.25, -0.2) is 0 Å². The molecule has 7 heteroatoms. The van der Waals surface area contributed by atoms with E-state index < -0.39 is 6.04 Å². The first-order chi connectivity index (χ1) is 12.5. The van der Waals surface area contributed by atoms with Crippen molar-refractivity contribution in [2.24, 2.45) is 5.73 Å². The van der Waals surface area contributed by atoms with Crippen molar-refractivity contribution in [2.45, 2.75) is 45.3 Å². The van der Waals surface area contributed by atoms with Gasteiger partial charge in [-0.15, -0.1) is 0 Å². The Bertz CT molecular complexity index is 719. The minimum Gasteiger partial charge on any atom is -0.330 e. The molecule has 26 heavy (non-hydrogen) atoms. The summed E-state index contributed by atoms with van der Waals surface area (Å²) in [4.78, 5) is 40.5. The lowest BCUT2D eigenvalue weighted by molar-refractivity contribution is -0.136. The van der Waals surface area contributed by atoms with Crippen molar-refractivity contribution in [1.82, 2.24) is 15.1 Å². The molecule has 1 aromatic carbocycles. The number of carbonyl (C=O) groups is 3. The zero-order valence-electron chi connectivity index (χ0n) is 15.2. The molecular weight excluding hydrogens is 332 g/mol. The summed E-state index contributed by atoms with van der Waals surface area (Å²) in [6.45, 7) is 5.62. The quantitative estimate of drug-likeness (QED) is 0.697. The van der Waals surface area contributed by atoms with Gasteiger partial charge in [0.1, 0.15) is 6.04 Å². The number of nitrogens with zero attached hydrogens (tertiary/aromatic N) is 2. The van der Waals surface area contributed by atoms with E-state index in [1.54, 1.807) is 4.90 Å². The SMILES string of the molecule is CCN(CCCN)Cc1cccc2c1C(=O)N(C1CCC(=O)NC1=O)C2. The van der Waals surface area contributed by atoms with E-state index in [1.807, 2.05) is 18.2 Å². The summed E-state index contributed by atoms with van der Waals surface area (Å²) in [7, 11) is 0. The molecule has 0 saturated carbocycles. The van der Waals surface area contributed by atoms with Gasteiger partial charge in [0.05, 0.1) is 0 Å². The van der Waals surface area contributed by atoms with E-state index in [0.29, 0.717) is 31.6 Å². The lowest BCUT2D eigenvalue weighted by Gasteiger charge is -2.29. The van der Waals surface area contributed by atoms with Crippen LogP contribution in [0.5, 0.6) is 0 Å².